The van der Waals surface area contributed by atoms with Crippen molar-refractivity contribution in [2.24, 2.45) is 0 Å². The van der Waals surface area contributed by atoms with E-state index in [9.17, 15) is 0 Å². The molecular weight excluding hydrogens is 556 g/mol. The molecule has 7 aromatic carbocycles. The summed E-state index contributed by atoms with van der Waals surface area (Å²) in [7, 11) is 0. The standard InChI is InChI=1S/C45H30O/c1-2-15-33(16-3-1)45(39-22-8-6-20-38(39)44-35-18-5-4-12-29(35)24-25-40(44)45)34-17-10-13-30(27-34)32-26-31-14-11-21-37-36-19-7-9-23-41(36)46-42(28-32)43(31)37/h1-28,36,41H. The van der Waals surface area contributed by atoms with Crippen LogP contribution in [0, 0.1) is 0 Å². The molecule has 0 aromatic heterocycles. The van der Waals surface area contributed by atoms with Crippen LogP contribution in [0.3, 0.4) is 0 Å². The molecule has 0 N–H and O–H groups in total. The van der Waals surface area contributed by atoms with Crippen molar-refractivity contribution in [3.63, 3.8) is 0 Å². The smallest absolute Gasteiger partial charge is 0.129 e. The van der Waals surface area contributed by atoms with Crippen molar-refractivity contribution < 1.29 is 4.74 Å². The molecule has 3 unspecified atom stereocenters. The van der Waals surface area contributed by atoms with Crippen LogP contribution in [0.15, 0.2) is 170 Å². The Hall–Kier alpha value is -5.66. The van der Waals surface area contributed by atoms with Crippen LogP contribution in [0.4, 0.5) is 0 Å². The van der Waals surface area contributed by atoms with Crippen LogP contribution in [-0.4, -0.2) is 6.10 Å². The van der Waals surface area contributed by atoms with Crippen LogP contribution in [0.2, 0.25) is 0 Å². The normalized spacial score (nSPS) is 20.3. The lowest BCUT2D eigenvalue weighted by molar-refractivity contribution is 0.227. The van der Waals surface area contributed by atoms with Crippen molar-refractivity contribution in [2.75, 3.05) is 0 Å². The minimum atomic E-state index is -0.464. The highest BCUT2D eigenvalue weighted by atomic mass is 16.5. The second kappa shape index (κ2) is 9.67. The maximum Gasteiger partial charge on any atom is 0.129 e. The van der Waals surface area contributed by atoms with E-state index >= 15 is 0 Å². The zero-order valence-electron chi connectivity index (χ0n) is 25.2. The quantitative estimate of drug-likeness (QED) is 0.200. The number of ether oxygens (including phenoxy) is 1. The van der Waals surface area contributed by atoms with Crippen molar-refractivity contribution in [3.8, 4) is 28.0 Å². The summed E-state index contributed by atoms with van der Waals surface area (Å²) in [6.45, 7) is 0. The van der Waals surface area contributed by atoms with Crippen molar-refractivity contribution in [2.45, 2.75) is 17.4 Å². The average molecular weight is 587 g/mol. The van der Waals surface area contributed by atoms with E-state index in [-0.39, 0.29) is 12.0 Å². The van der Waals surface area contributed by atoms with Gasteiger partial charge in [-0.15, -0.1) is 0 Å². The second-order valence-electron chi connectivity index (χ2n) is 12.7. The summed E-state index contributed by atoms with van der Waals surface area (Å²) in [4.78, 5) is 0. The minimum absolute atomic E-state index is 0.0207. The largest absolute Gasteiger partial charge is 0.485 e. The third kappa shape index (κ3) is 3.46. The Morgan fingerprint density at radius 3 is 2.26 bits per heavy atom. The van der Waals surface area contributed by atoms with Gasteiger partial charge in [0.15, 0.2) is 0 Å². The Labute approximate surface area is 268 Å². The van der Waals surface area contributed by atoms with Crippen LogP contribution in [0.5, 0.6) is 5.75 Å². The predicted molar refractivity (Wildman–Crippen MR) is 190 cm³/mol. The predicted octanol–water partition coefficient (Wildman–Crippen LogP) is 11.0. The van der Waals surface area contributed by atoms with Gasteiger partial charge >= 0.3 is 0 Å². The minimum Gasteiger partial charge on any atom is -0.485 e. The van der Waals surface area contributed by atoms with Crippen LogP contribution < -0.4 is 4.74 Å². The van der Waals surface area contributed by atoms with E-state index in [2.05, 4.69) is 170 Å². The van der Waals surface area contributed by atoms with Crippen LogP contribution in [-0.2, 0) is 5.41 Å². The van der Waals surface area contributed by atoms with E-state index in [0.717, 1.165) is 5.75 Å². The first-order valence-electron chi connectivity index (χ1n) is 16.2. The Bertz CT molecular complexity index is 2410. The Morgan fingerprint density at radius 2 is 1.30 bits per heavy atom. The van der Waals surface area contributed by atoms with Gasteiger partial charge in [-0.2, -0.15) is 0 Å². The molecule has 3 aliphatic rings. The Balaban J connectivity index is 1.23. The van der Waals surface area contributed by atoms with Gasteiger partial charge in [0.05, 0.1) is 5.41 Å². The fraction of sp³-hybridized carbons (Fsp3) is 0.0667. The molecule has 1 heterocycles. The first-order valence-corrected chi connectivity index (χ1v) is 16.2. The molecule has 216 valence electrons. The van der Waals surface area contributed by atoms with Crippen LogP contribution in [0.1, 0.15) is 33.7 Å². The molecule has 0 saturated carbocycles. The summed E-state index contributed by atoms with van der Waals surface area (Å²) in [6, 6.07) is 54.0. The first kappa shape index (κ1) is 25.6. The highest BCUT2D eigenvalue weighted by Crippen LogP contribution is 2.58. The fourth-order valence-corrected chi connectivity index (χ4v) is 8.54. The number of hydrogen-bond donors (Lipinski definition) is 0. The van der Waals surface area contributed by atoms with E-state index in [1.807, 2.05) is 0 Å². The Kier molecular flexibility index (Phi) is 5.39. The van der Waals surface area contributed by atoms with E-state index in [1.165, 1.54) is 71.6 Å². The van der Waals surface area contributed by atoms with E-state index in [0.29, 0.717) is 0 Å². The topological polar surface area (TPSA) is 9.23 Å². The lowest BCUT2D eigenvalue weighted by Crippen LogP contribution is -2.28. The summed E-state index contributed by atoms with van der Waals surface area (Å²) in [5.41, 5.74) is 11.1. The van der Waals surface area contributed by atoms with Crippen LogP contribution >= 0.6 is 0 Å². The summed E-state index contributed by atoms with van der Waals surface area (Å²) >= 11 is 0. The summed E-state index contributed by atoms with van der Waals surface area (Å²) < 4.78 is 6.69. The number of fused-ring (bicyclic) bond motifs is 7. The number of benzene rings is 7. The van der Waals surface area contributed by atoms with Gasteiger partial charge in [-0.05, 0) is 90.5 Å². The highest BCUT2D eigenvalue weighted by Gasteiger charge is 2.46. The molecule has 46 heavy (non-hydrogen) atoms. The SMILES string of the molecule is C1=CC2Oc3cc(-c4cccc(C5(c6ccccc6)c6ccccc6-c6c5ccc5ccccc65)c4)cc4cccc(c34)C2C=C1. The third-order valence-corrected chi connectivity index (χ3v) is 10.4. The fourth-order valence-electron chi connectivity index (χ4n) is 8.54. The molecule has 3 atom stereocenters. The number of hydrogen-bond acceptors (Lipinski definition) is 1. The van der Waals surface area contributed by atoms with Crippen molar-refractivity contribution in [1.29, 1.82) is 0 Å². The molecule has 0 bridgehead atoms. The molecular formula is C45H30O. The second-order valence-corrected chi connectivity index (χ2v) is 12.7. The Morgan fingerprint density at radius 1 is 0.522 bits per heavy atom. The van der Waals surface area contributed by atoms with Crippen molar-refractivity contribution in [3.05, 3.63) is 198 Å². The number of rotatable bonds is 3. The first-order chi connectivity index (χ1) is 22.8. The lowest BCUT2D eigenvalue weighted by Gasteiger charge is -2.34. The molecule has 0 amide bonds. The lowest BCUT2D eigenvalue weighted by atomic mass is 9.67. The van der Waals surface area contributed by atoms with Crippen molar-refractivity contribution in [1.82, 2.24) is 0 Å². The molecule has 0 radical (unpaired) electrons. The molecule has 1 heteroatoms. The van der Waals surface area contributed by atoms with Gasteiger partial charge in [-0.3, -0.25) is 0 Å². The molecule has 1 aliphatic heterocycles. The molecule has 10 rings (SSSR count). The van der Waals surface area contributed by atoms with Gasteiger partial charge in [-0.25, -0.2) is 0 Å². The zero-order chi connectivity index (χ0) is 30.2. The van der Waals surface area contributed by atoms with Gasteiger partial charge in [0.25, 0.3) is 0 Å². The molecule has 2 aliphatic carbocycles. The maximum absolute atomic E-state index is 6.69. The van der Waals surface area contributed by atoms with Gasteiger partial charge in [-0.1, -0.05) is 146 Å². The highest BCUT2D eigenvalue weighted by molar-refractivity contribution is 6.04. The number of allylic oxidation sites excluding steroid dienone is 2. The van der Waals surface area contributed by atoms with Gasteiger partial charge in [0, 0.05) is 11.3 Å². The monoisotopic (exact) mass is 586 g/mol. The summed E-state index contributed by atoms with van der Waals surface area (Å²) in [5.74, 6) is 1.22. The third-order valence-electron chi connectivity index (χ3n) is 10.4. The zero-order valence-corrected chi connectivity index (χ0v) is 25.2. The van der Waals surface area contributed by atoms with Crippen molar-refractivity contribution >= 4 is 21.5 Å². The maximum atomic E-state index is 6.69. The van der Waals surface area contributed by atoms with E-state index < -0.39 is 5.41 Å². The molecule has 0 saturated heterocycles. The molecule has 7 aromatic rings. The van der Waals surface area contributed by atoms with Gasteiger partial charge in [0.1, 0.15) is 11.9 Å². The van der Waals surface area contributed by atoms with E-state index in [1.54, 1.807) is 0 Å². The van der Waals surface area contributed by atoms with E-state index in [4.69, 9.17) is 4.74 Å². The molecule has 0 fully saturated rings. The molecule has 1 nitrogen and oxygen atoms in total. The van der Waals surface area contributed by atoms with Gasteiger partial charge in [0.2, 0.25) is 0 Å². The van der Waals surface area contributed by atoms with Gasteiger partial charge < -0.3 is 4.74 Å². The summed E-state index contributed by atoms with van der Waals surface area (Å²) in [6.07, 6.45) is 8.71. The summed E-state index contributed by atoms with van der Waals surface area (Å²) in [5, 5.41) is 5.02. The van der Waals surface area contributed by atoms with Crippen LogP contribution in [0.25, 0.3) is 43.8 Å². The average Bonchev–Trinajstić information content (AvgIpc) is 3.44. The molecule has 0 spiro atoms.